The Bertz CT molecular complexity index is 2720. The number of ether oxygens (including phenoxy) is 10. The summed E-state index contributed by atoms with van der Waals surface area (Å²) in [6.45, 7) is 18.3. The van der Waals surface area contributed by atoms with Gasteiger partial charge in [0.2, 0.25) is 0 Å². The molecule has 4 saturated heterocycles. The molecule has 6 aromatic carbocycles. The lowest BCUT2D eigenvalue weighted by molar-refractivity contribution is 0.0626. The molecule has 0 spiro atoms. The molecule has 5 unspecified atom stereocenters. The quantitative estimate of drug-likeness (QED) is 0.0263. The standard InChI is InChI=1S/C30H44O3.C17H20O3.C13H16O4.C11H14O3/c1-2-3-4-6-10-15-26(27-18-20-28(31)21-19-27)16-11-8-5-7-9-13-25-14-12-17-29(22-25)32-23-30-24-33-30;1-13-5-3-7-16(9-13)19-11-15(18)12-20-17-8-4-6-14(2)10-17;1-9-2-10(14-5-12-7-16-12)4-11(3-9)15-6-13-8-17-13;1-7-3-10(12)8(2)11(4-7)14-6-9-5-13-9/h12,14,17-22,26,30-31H,2-11,13,15-16,23-24H2,1H3;3-10,15,18H,11-12H2,1-2H3;2-4,12-13H,5-8H2,1H3;3-4,9,12H,5-6H2,1-2H3. The van der Waals surface area contributed by atoms with E-state index in [4.69, 9.17) is 47.4 Å². The lowest BCUT2D eigenvalue weighted by Crippen LogP contribution is -2.25. The highest BCUT2D eigenvalue weighted by Crippen LogP contribution is 2.32. The van der Waals surface area contributed by atoms with Crippen molar-refractivity contribution in [1.29, 1.82) is 0 Å². The molecule has 0 amide bonds. The van der Waals surface area contributed by atoms with Crippen molar-refractivity contribution in [1.82, 2.24) is 0 Å². The summed E-state index contributed by atoms with van der Waals surface area (Å²) in [4.78, 5) is 0. The van der Waals surface area contributed by atoms with E-state index in [-0.39, 0.29) is 37.3 Å². The van der Waals surface area contributed by atoms with Crippen molar-refractivity contribution >= 4 is 0 Å². The van der Waals surface area contributed by atoms with Crippen molar-refractivity contribution < 1.29 is 62.7 Å². The monoisotopic (exact) mass is 1150 g/mol. The fourth-order valence-corrected chi connectivity index (χ4v) is 9.35. The van der Waals surface area contributed by atoms with Gasteiger partial charge in [-0.2, -0.15) is 0 Å². The van der Waals surface area contributed by atoms with Gasteiger partial charge in [-0.1, -0.05) is 113 Å². The summed E-state index contributed by atoms with van der Waals surface area (Å²) in [5, 5.41) is 29.1. The van der Waals surface area contributed by atoms with Crippen molar-refractivity contribution in [3.63, 3.8) is 0 Å². The Morgan fingerprint density at radius 1 is 0.440 bits per heavy atom. The van der Waals surface area contributed by atoms with Crippen LogP contribution in [0.3, 0.4) is 0 Å². The zero-order valence-corrected chi connectivity index (χ0v) is 50.8. The number of benzene rings is 6. The molecule has 0 aliphatic carbocycles. The van der Waals surface area contributed by atoms with Crippen LogP contribution in [0.5, 0.6) is 46.0 Å². The third-order valence-corrected chi connectivity index (χ3v) is 14.6. The molecule has 4 heterocycles. The van der Waals surface area contributed by atoms with E-state index in [0.29, 0.717) is 44.2 Å². The second-order valence-electron chi connectivity index (χ2n) is 22.8. The molecule has 10 rings (SSSR count). The van der Waals surface area contributed by atoms with E-state index in [1.54, 1.807) is 6.07 Å². The van der Waals surface area contributed by atoms with E-state index >= 15 is 0 Å². The molecule has 3 N–H and O–H groups in total. The molecule has 13 heteroatoms. The van der Waals surface area contributed by atoms with Gasteiger partial charge in [-0.25, -0.2) is 0 Å². The maximum Gasteiger partial charge on any atom is 0.126 e. The molecule has 456 valence electrons. The minimum absolute atomic E-state index is 0.218. The second-order valence-corrected chi connectivity index (χ2v) is 22.8. The summed E-state index contributed by atoms with van der Waals surface area (Å²) >= 11 is 0. The van der Waals surface area contributed by atoms with Gasteiger partial charge in [0.05, 0.1) is 26.4 Å². The first kappa shape index (κ1) is 65.1. The van der Waals surface area contributed by atoms with Crippen LogP contribution in [-0.4, -0.2) is 112 Å². The molecule has 4 aliphatic heterocycles. The Balaban J connectivity index is 0.000000170. The van der Waals surface area contributed by atoms with Crippen molar-refractivity contribution in [3.05, 3.63) is 166 Å². The van der Waals surface area contributed by atoms with Crippen LogP contribution in [0.2, 0.25) is 0 Å². The molecule has 4 aliphatic rings. The van der Waals surface area contributed by atoms with Gasteiger partial charge in [0, 0.05) is 11.6 Å². The van der Waals surface area contributed by atoms with Gasteiger partial charge in [0.1, 0.15) is 116 Å². The molecule has 0 aromatic heterocycles. The van der Waals surface area contributed by atoms with Crippen molar-refractivity contribution in [2.24, 2.45) is 0 Å². The molecule has 0 radical (unpaired) electrons. The van der Waals surface area contributed by atoms with Crippen LogP contribution in [0.15, 0.2) is 127 Å². The van der Waals surface area contributed by atoms with E-state index in [2.05, 4.69) is 37.3 Å². The predicted molar refractivity (Wildman–Crippen MR) is 331 cm³/mol. The predicted octanol–water partition coefficient (Wildman–Crippen LogP) is 14.7. The Labute approximate surface area is 500 Å². The topological polar surface area (TPSA) is 166 Å². The zero-order valence-electron chi connectivity index (χ0n) is 50.8. The van der Waals surface area contributed by atoms with Crippen molar-refractivity contribution in [2.75, 3.05) is 66.1 Å². The van der Waals surface area contributed by atoms with Crippen LogP contribution in [0.25, 0.3) is 0 Å². The number of hydrogen-bond donors (Lipinski definition) is 3. The minimum Gasteiger partial charge on any atom is -0.508 e. The zero-order chi connectivity index (χ0) is 59.3. The number of rotatable bonds is 33. The molecule has 0 saturated carbocycles. The van der Waals surface area contributed by atoms with E-state index in [9.17, 15) is 15.3 Å². The fourth-order valence-electron chi connectivity index (χ4n) is 9.35. The van der Waals surface area contributed by atoms with Crippen LogP contribution in [0.1, 0.15) is 129 Å². The van der Waals surface area contributed by atoms with Gasteiger partial charge in [-0.05, 0) is 172 Å². The van der Waals surface area contributed by atoms with Crippen LogP contribution < -0.4 is 28.4 Å². The first-order valence-electron chi connectivity index (χ1n) is 30.7. The first-order valence-corrected chi connectivity index (χ1v) is 30.7. The van der Waals surface area contributed by atoms with E-state index in [0.717, 1.165) is 95.2 Å². The van der Waals surface area contributed by atoms with Crippen LogP contribution in [0.4, 0.5) is 0 Å². The maximum atomic E-state index is 9.86. The van der Waals surface area contributed by atoms with Gasteiger partial charge in [0.15, 0.2) is 0 Å². The number of hydrogen-bond acceptors (Lipinski definition) is 13. The van der Waals surface area contributed by atoms with Gasteiger partial charge >= 0.3 is 0 Å². The summed E-state index contributed by atoms with van der Waals surface area (Å²) in [5.74, 6) is 6.22. The molecule has 13 nitrogen and oxygen atoms in total. The number of aryl methyl sites for hydroxylation is 5. The van der Waals surface area contributed by atoms with Crippen molar-refractivity contribution in [2.45, 2.75) is 161 Å². The Morgan fingerprint density at radius 3 is 1.39 bits per heavy atom. The Hall–Kier alpha value is -6.48. The van der Waals surface area contributed by atoms with E-state index in [1.807, 2.05) is 126 Å². The third kappa shape index (κ3) is 27.0. The first-order chi connectivity index (χ1) is 40.8. The van der Waals surface area contributed by atoms with Crippen LogP contribution in [-0.2, 0) is 25.4 Å². The van der Waals surface area contributed by atoms with Gasteiger partial charge in [-0.15, -0.1) is 0 Å². The number of phenols is 2. The summed E-state index contributed by atoms with van der Waals surface area (Å²) in [6.07, 6.45) is 17.3. The molecule has 6 aromatic rings. The average Bonchev–Trinajstić information content (AvgIpc) is 4.27. The fraction of sp³-hybridized carbons (Fsp3) is 0.493. The Kier molecular flexibility index (Phi) is 27.7. The van der Waals surface area contributed by atoms with Gasteiger partial charge < -0.3 is 62.7 Å². The summed E-state index contributed by atoms with van der Waals surface area (Å²) in [5.41, 5.74) is 7.96. The van der Waals surface area contributed by atoms with Crippen LogP contribution >= 0.6 is 0 Å². The number of phenolic OH excluding ortho intramolecular Hbond substituents is 2. The summed E-state index contributed by atoms with van der Waals surface area (Å²) in [6, 6.07) is 41.6. The highest BCUT2D eigenvalue weighted by molar-refractivity contribution is 5.46. The van der Waals surface area contributed by atoms with Gasteiger partial charge in [-0.3, -0.25) is 0 Å². The summed E-state index contributed by atoms with van der Waals surface area (Å²) in [7, 11) is 0. The lowest BCUT2D eigenvalue weighted by Gasteiger charge is -2.18. The highest BCUT2D eigenvalue weighted by Gasteiger charge is 2.26. The number of aliphatic hydroxyl groups is 1. The summed E-state index contributed by atoms with van der Waals surface area (Å²) < 4.78 is 54.1. The molecule has 84 heavy (non-hydrogen) atoms. The smallest absolute Gasteiger partial charge is 0.126 e. The normalized spacial score (nSPS) is 17.2. The van der Waals surface area contributed by atoms with Crippen LogP contribution in [0, 0.1) is 34.6 Å². The van der Waals surface area contributed by atoms with E-state index in [1.165, 1.54) is 88.2 Å². The third-order valence-electron chi connectivity index (χ3n) is 14.6. The maximum absolute atomic E-state index is 9.86. The van der Waals surface area contributed by atoms with Gasteiger partial charge in [0.25, 0.3) is 0 Å². The van der Waals surface area contributed by atoms with Crippen molar-refractivity contribution in [3.8, 4) is 46.0 Å². The number of unbranched alkanes of at least 4 members (excludes halogenated alkanes) is 8. The SMILES string of the molecule is CCCCCCCC(CCCCCCCc1cccc(OCC2CO2)c1)c1ccc(O)cc1.Cc1cc(O)c(C)c(OCC2CO2)c1.Cc1cc(OCC2CO2)cc(OCC2CO2)c1.Cc1cccc(OCC(O)COc2cccc(C)c2)c1. The lowest BCUT2D eigenvalue weighted by atomic mass is 9.88. The largest absolute Gasteiger partial charge is 0.508 e. The molecular weight excluding hydrogens is 1060 g/mol. The Morgan fingerprint density at radius 2 is 0.881 bits per heavy atom. The number of aliphatic hydroxyl groups excluding tert-OH is 1. The number of epoxide rings is 4. The minimum atomic E-state index is -0.656. The molecule has 5 atom stereocenters. The molecule has 0 bridgehead atoms. The number of aromatic hydroxyl groups is 2. The second kappa shape index (κ2) is 35.7. The van der Waals surface area contributed by atoms with E-state index < -0.39 is 6.10 Å². The molecular formula is C71H94O13. The highest BCUT2D eigenvalue weighted by atomic mass is 16.6. The average molecular weight is 1160 g/mol. The molecule has 4 fully saturated rings.